The van der Waals surface area contributed by atoms with Crippen LogP contribution in [-0.4, -0.2) is 28.4 Å². The minimum atomic E-state index is 0.143. The molecule has 0 saturated heterocycles. The van der Waals surface area contributed by atoms with Gasteiger partial charge in [-0.3, -0.25) is 0 Å². The van der Waals surface area contributed by atoms with Crippen LogP contribution in [0.3, 0.4) is 0 Å². The number of nitriles is 1. The van der Waals surface area contributed by atoms with Crippen molar-refractivity contribution in [2.24, 2.45) is 0 Å². The third-order valence-corrected chi connectivity index (χ3v) is 4.51. The molecule has 2 rings (SSSR count). The van der Waals surface area contributed by atoms with Crippen molar-refractivity contribution in [3.8, 4) is 17.5 Å². The topological polar surface area (TPSA) is 95.0 Å². The standard InChI is InChI=1S/C23H28N4O2/c1-4-9-18(11-7-14-24)23-26-22(27-29-23)21-13-6-12-19(20(21)10-5-2)17(3)25-15-8-16-28/h4,6-7,9,11-13,17,25,28H,1,5,8,10,15-16H2,2-3H3/b11-7+,18-9+/t17-/m0/s1. The molecule has 2 N–H and O–H groups in total. The highest BCUT2D eigenvalue weighted by molar-refractivity contribution is 5.72. The molecule has 0 aliphatic carbocycles. The first kappa shape index (κ1) is 22.3. The first-order chi connectivity index (χ1) is 14.2. The molecular formula is C23H28N4O2. The van der Waals surface area contributed by atoms with Gasteiger partial charge in [0, 0.05) is 29.9 Å². The quantitative estimate of drug-likeness (QED) is 0.335. The lowest BCUT2D eigenvalue weighted by Gasteiger charge is -2.19. The number of aliphatic hydroxyl groups is 1. The minimum Gasteiger partial charge on any atom is -0.396 e. The van der Waals surface area contributed by atoms with Gasteiger partial charge in [-0.15, -0.1) is 0 Å². The number of allylic oxidation sites excluding steroid dienone is 5. The fourth-order valence-corrected chi connectivity index (χ4v) is 3.16. The van der Waals surface area contributed by atoms with Crippen molar-refractivity contribution in [2.75, 3.05) is 13.2 Å². The number of hydrogen-bond acceptors (Lipinski definition) is 6. The Morgan fingerprint density at radius 1 is 1.45 bits per heavy atom. The highest BCUT2D eigenvalue weighted by Crippen LogP contribution is 2.30. The molecule has 0 amide bonds. The summed E-state index contributed by atoms with van der Waals surface area (Å²) >= 11 is 0. The van der Waals surface area contributed by atoms with E-state index in [0.717, 1.165) is 31.4 Å². The van der Waals surface area contributed by atoms with E-state index in [1.807, 2.05) is 18.2 Å². The van der Waals surface area contributed by atoms with Crippen molar-refractivity contribution in [3.63, 3.8) is 0 Å². The molecule has 152 valence electrons. The Labute approximate surface area is 172 Å². The van der Waals surface area contributed by atoms with Gasteiger partial charge in [0.25, 0.3) is 5.89 Å². The van der Waals surface area contributed by atoms with Crippen molar-refractivity contribution < 1.29 is 9.63 Å². The normalized spacial score (nSPS) is 12.8. The molecule has 0 fully saturated rings. The molecule has 0 aliphatic heterocycles. The van der Waals surface area contributed by atoms with Gasteiger partial charge in [-0.1, -0.05) is 55.4 Å². The molecular weight excluding hydrogens is 364 g/mol. The third kappa shape index (κ3) is 5.98. The summed E-state index contributed by atoms with van der Waals surface area (Å²) < 4.78 is 5.46. The van der Waals surface area contributed by atoms with E-state index in [2.05, 4.69) is 42.0 Å². The van der Waals surface area contributed by atoms with Crippen LogP contribution in [0, 0.1) is 11.3 Å². The van der Waals surface area contributed by atoms with E-state index in [1.54, 1.807) is 18.2 Å². The summed E-state index contributed by atoms with van der Waals surface area (Å²) in [7, 11) is 0. The second kappa shape index (κ2) is 11.7. The largest absolute Gasteiger partial charge is 0.396 e. The molecule has 0 bridgehead atoms. The third-order valence-electron chi connectivity index (χ3n) is 4.51. The summed E-state index contributed by atoms with van der Waals surface area (Å²) in [4.78, 5) is 4.56. The number of aromatic nitrogens is 2. The monoisotopic (exact) mass is 392 g/mol. The lowest BCUT2D eigenvalue weighted by molar-refractivity contribution is 0.284. The van der Waals surface area contributed by atoms with Crippen LogP contribution in [0.1, 0.15) is 49.7 Å². The van der Waals surface area contributed by atoms with Crippen LogP contribution < -0.4 is 5.32 Å². The van der Waals surface area contributed by atoms with Crippen molar-refractivity contribution >= 4 is 5.57 Å². The number of rotatable bonds is 11. The lowest BCUT2D eigenvalue weighted by atomic mass is 9.93. The average Bonchev–Trinajstić information content (AvgIpc) is 3.21. The fraction of sp³-hybridized carbons (Fsp3) is 0.348. The highest BCUT2D eigenvalue weighted by Gasteiger charge is 2.18. The number of benzene rings is 1. The van der Waals surface area contributed by atoms with Gasteiger partial charge in [0.2, 0.25) is 5.82 Å². The van der Waals surface area contributed by atoms with Crippen molar-refractivity contribution in [2.45, 2.75) is 39.2 Å². The maximum absolute atomic E-state index is 9.02. The second-order valence-electron chi connectivity index (χ2n) is 6.62. The van der Waals surface area contributed by atoms with E-state index in [1.165, 1.54) is 17.2 Å². The van der Waals surface area contributed by atoms with E-state index in [0.29, 0.717) is 17.3 Å². The van der Waals surface area contributed by atoms with Crippen LogP contribution in [0.4, 0.5) is 0 Å². The van der Waals surface area contributed by atoms with Crippen LogP contribution in [0.25, 0.3) is 17.0 Å². The number of nitrogens with zero attached hydrogens (tertiary/aromatic N) is 3. The molecule has 1 atom stereocenters. The Balaban J connectivity index is 2.42. The Morgan fingerprint density at radius 2 is 2.28 bits per heavy atom. The van der Waals surface area contributed by atoms with Crippen LogP contribution in [-0.2, 0) is 6.42 Å². The zero-order valence-corrected chi connectivity index (χ0v) is 17.1. The van der Waals surface area contributed by atoms with Crippen molar-refractivity contribution in [1.82, 2.24) is 15.5 Å². The van der Waals surface area contributed by atoms with Crippen LogP contribution in [0.2, 0.25) is 0 Å². The zero-order chi connectivity index (χ0) is 21.1. The molecule has 2 aromatic rings. The molecule has 6 nitrogen and oxygen atoms in total. The van der Waals surface area contributed by atoms with Gasteiger partial charge in [0.15, 0.2) is 0 Å². The molecule has 6 heteroatoms. The highest BCUT2D eigenvalue weighted by atomic mass is 16.5. The Hall–Kier alpha value is -3.01. The maximum Gasteiger partial charge on any atom is 0.258 e. The molecule has 0 saturated carbocycles. The van der Waals surface area contributed by atoms with Gasteiger partial charge in [-0.2, -0.15) is 10.2 Å². The zero-order valence-electron chi connectivity index (χ0n) is 17.1. The summed E-state index contributed by atoms with van der Waals surface area (Å²) in [5.41, 5.74) is 3.96. The average molecular weight is 393 g/mol. The van der Waals surface area contributed by atoms with E-state index >= 15 is 0 Å². The van der Waals surface area contributed by atoms with Gasteiger partial charge in [-0.05, 0) is 43.5 Å². The van der Waals surface area contributed by atoms with E-state index in [-0.39, 0.29) is 12.6 Å². The second-order valence-corrected chi connectivity index (χ2v) is 6.62. The van der Waals surface area contributed by atoms with E-state index in [9.17, 15) is 0 Å². The number of aliphatic hydroxyl groups excluding tert-OH is 1. The van der Waals surface area contributed by atoms with Crippen molar-refractivity contribution in [3.05, 3.63) is 66.1 Å². The summed E-state index contributed by atoms with van der Waals surface area (Å²) in [6.07, 6.45) is 8.93. The molecule has 1 aromatic carbocycles. The molecule has 1 heterocycles. The maximum atomic E-state index is 9.02. The van der Waals surface area contributed by atoms with Gasteiger partial charge in [-0.25, -0.2) is 0 Å². The molecule has 29 heavy (non-hydrogen) atoms. The van der Waals surface area contributed by atoms with Gasteiger partial charge < -0.3 is 14.9 Å². The summed E-state index contributed by atoms with van der Waals surface area (Å²) in [5, 5.41) is 25.5. The number of nitrogens with one attached hydrogen (secondary N) is 1. The Kier molecular flexibility index (Phi) is 9.03. The first-order valence-corrected chi connectivity index (χ1v) is 9.85. The van der Waals surface area contributed by atoms with Gasteiger partial charge in [0.05, 0.1) is 6.07 Å². The number of hydrogen-bond donors (Lipinski definition) is 2. The predicted octanol–water partition coefficient (Wildman–Crippen LogP) is 4.37. The Bertz CT molecular complexity index is 906. The molecule has 0 unspecified atom stereocenters. The van der Waals surface area contributed by atoms with Gasteiger partial charge >= 0.3 is 0 Å². The Morgan fingerprint density at radius 3 is 2.97 bits per heavy atom. The minimum absolute atomic E-state index is 0.143. The first-order valence-electron chi connectivity index (χ1n) is 9.85. The van der Waals surface area contributed by atoms with Crippen LogP contribution in [0.15, 0.2) is 53.6 Å². The van der Waals surface area contributed by atoms with E-state index in [4.69, 9.17) is 14.9 Å². The SMILES string of the molecule is C=C/C=C(\C=C\C#N)c1nc(-c2cccc([C@H](C)NCCCO)c2CCC)no1. The lowest BCUT2D eigenvalue weighted by Crippen LogP contribution is -2.22. The summed E-state index contributed by atoms with van der Waals surface area (Å²) in [6, 6.07) is 8.23. The molecule has 1 aromatic heterocycles. The molecule has 0 aliphatic rings. The molecule has 0 spiro atoms. The summed E-state index contributed by atoms with van der Waals surface area (Å²) in [6.45, 7) is 8.88. The predicted molar refractivity (Wildman–Crippen MR) is 115 cm³/mol. The van der Waals surface area contributed by atoms with Crippen LogP contribution in [0.5, 0.6) is 0 Å². The molecule has 0 radical (unpaired) electrons. The van der Waals surface area contributed by atoms with Crippen molar-refractivity contribution in [1.29, 1.82) is 5.26 Å². The smallest absolute Gasteiger partial charge is 0.258 e. The van der Waals surface area contributed by atoms with Crippen LogP contribution >= 0.6 is 0 Å². The fourth-order valence-electron chi connectivity index (χ4n) is 3.16. The summed E-state index contributed by atoms with van der Waals surface area (Å²) in [5.74, 6) is 0.863. The van der Waals surface area contributed by atoms with E-state index < -0.39 is 0 Å². The van der Waals surface area contributed by atoms with Gasteiger partial charge in [0.1, 0.15) is 0 Å².